The van der Waals surface area contributed by atoms with Gasteiger partial charge in [-0.15, -0.1) is 0 Å². The van der Waals surface area contributed by atoms with E-state index in [1.165, 1.54) is 0 Å². The number of hydrogen-bond donors (Lipinski definition) is 3. The minimum atomic E-state index is -1.21. The third-order valence-electron chi connectivity index (χ3n) is 7.10. The molecular formula is C32H36N2O6. The van der Waals surface area contributed by atoms with Crippen LogP contribution in [0.15, 0.2) is 78.9 Å². The molecule has 0 saturated heterocycles. The first-order chi connectivity index (χ1) is 19.1. The fourth-order valence-electron chi connectivity index (χ4n) is 4.96. The van der Waals surface area contributed by atoms with E-state index in [4.69, 9.17) is 9.47 Å². The Morgan fingerprint density at radius 1 is 0.900 bits per heavy atom. The number of aliphatic carboxylic acids is 1. The molecular weight excluding hydrogens is 508 g/mol. The molecule has 2 unspecified atom stereocenters. The van der Waals surface area contributed by atoms with Gasteiger partial charge in [0, 0.05) is 18.9 Å². The number of fused-ring (bicyclic) bond motifs is 3. The van der Waals surface area contributed by atoms with Crippen LogP contribution in [0, 0.1) is 5.41 Å². The van der Waals surface area contributed by atoms with Gasteiger partial charge in [-0.3, -0.25) is 4.79 Å². The van der Waals surface area contributed by atoms with Crippen LogP contribution in [0.1, 0.15) is 49.8 Å². The number of carbonyl (C=O) groups is 3. The predicted octanol–water partition coefficient (Wildman–Crippen LogP) is 5.12. The summed E-state index contributed by atoms with van der Waals surface area (Å²) in [5, 5.41) is 15.0. The topological polar surface area (TPSA) is 114 Å². The van der Waals surface area contributed by atoms with Crippen LogP contribution in [-0.2, 0) is 25.7 Å². The van der Waals surface area contributed by atoms with Crippen LogP contribution in [0.2, 0.25) is 0 Å². The minimum absolute atomic E-state index is 0.00579. The van der Waals surface area contributed by atoms with E-state index in [2.05, 4.69) is 34.9 Å². The van der Waals surface area contributed by atoms with Crippen LogP contribution in [-0.4, -0.2) is 48.4 Å². The number of nitrogens with one attached hydrogen (secondary N) is 2. The Kier molecular flexibility index (Phi) is 9.22. The molecule has 8 heteroatoms. The Morgan fingerprint density at radius 2 is 1.48 bits per heavy atom. The molecule has 3 aromatic carbocycles. The van der Waals surface area contributed by atoms with Gasteiger partial charge in [-0.05, 0) is 40.2 Å². The SMILES string of the molecule is CC(OCc1ccccc1)C(NC(=O)CC(C)(C)CNC(=O)OCC1c2ccccc2-c2ccccc21)C(=O)O. The number of rotatable bonds is 12. The maximum absolute atomic E-state index is 12.8. The number of ether oxygens (including phenoxy) is 2. The maximum atomic E-state index is 12.8. The van der Waals surface area contributed by atoms with E-state index in [0.29, 0.717) is 0 Å². The van der Waals surface area contributed by atoms with E-state index >= 15 is 0 Å². The van der Waals surface area contributed by atoms with Gasteiger partial charge in [0.15, 0.2) is 6.04 Å². The van der Waals surface area contributed by atoms with Crippen molar-refractivity contribution in [1.29, 1.82) is 0 Å². The van der Waals surface area contributed by atoms with Crippen LogP contribution in [0.3, 0.4) is 0 Å². The fourth-order valence-corrected chi connectivity index (χ4v) is 4.96. The van der Waals surface area contributed by atoms with Gasteiger partial charge in [0.1, 0.15) is 6.61 Å². The monoisotopic (exact) mass is 544 g/mol. The normalized spacial score (nSPS) is 14.0. The summed E-state index contributed by atoms with van der Waals surface area (Å²) in [4.78, 5) is 37.2. The quantitative estimate of drug-likeness (QED) is 0.292. The number of amides is 2. The molecule has 0 spiro atoms. The van der Waals surface area contributed by atoms with E-state index < -0.39 is 35.5 Å². The predicted molar refractivity (Wildman–Crippen MR) is 152 cm³/mol. The van der Waals surface area contributed by atoms with Gasteiger partial charge in [-0.25, -0.2) is 9.59 Å². The Labute approximate surface area is 234 Å². The Morgan fingerprint density at radius 3 is 2.08 bits per heavy atom. The summed E-state index contributed by atoms with van der Waals surface area (Å²) in [6.07, 6.45) is -1.31. The Balaban J connectivity index is 1.25. The molecule has 3 N–H and O–H groups in total. The van der Waals surface area contributed by atoms with Gasteiger partial charge in [0.2, 0.25) is 5.91 Å². The van der Waals surface area contributed by atoms with Gasteiger partial charge in [-0.1, -0.05) is 92.7 Å². The molecule has 0 bridgehead atoms. The van der Waals surface area contributed by atoms with E-state index in [9.17, 15) is 19.5 Å². The molecule has 210 valence electrons. The second-order valence-corrected chi connectivity index (χ2v) is 10.9. The highest BCUT2D eigenvalue weighted by atomic mass is 16.5. The summed E-state index contributed by atoms with van der Waals surface area (Å²) in [5.41, 5.74) is 4.82. The van der Waals surface area contributed by atoms with Crippen LogP contribution >= 0.6 is 0 Å². The van der Waals surface area contributed by atoms with Gasteiger partial charge < -0.3 is 25.2 Å². The van der Waals surface area contributed by atoms with Gasteiger partial charge in [0.05, 0.1) is 12.7 Å². The van der Waals surface area contributed by atoms with Crippen molar-refractivity contribution < 1.29 is 29.0 Å². The molecule has 0 radical (unpaired) electrons. The van der Waals surface area contributed by atoms with Crippen molar-refractivity contribution in [3.05, 3.63) is 95.6 Å². The summed E-state index contributed by atoms with van der Waals surface area (Å²) in [5.74, 6) is -1.67. The van der Waals surface area contributed by atoms with Crippen molar-refractivity contribution in [2.45, 2.75) is 51.9 Å². The van der Waals surface area contributed by atoms with Crippen molar-refractivity contribution >= 4 is 18.0 Å². The molecule has 0 saturated carbocycles. The van der Waals surface area contributed by atoms with Crippen LogP contribution in [0.4, 0.5) is 4.79 Å². The van der Waals surface area contributed by atoms with E-state index in [-0.39, 0.29) is 32.1 Å². The van der Waals surface area contributed by atoms with E-state index in [1.807, 2.05) is 68.4 Å². The van der Waals surface area contributed by atoms with Crippen molar-refractivity contribution in [2.75, 3.05) is 13.2 Å². The molecule has 0 aliphatic heterocycles. The first kappa shape index (κ1) is 28.8. The molecule has 2 atom stereocenters. The molecule has 1 aliphatic carbocycles. The van der Waals surface area contributed by atoms with Crippen LogP contribution in [0.25, 0.3) is 11.1 Å². The molecule has 1 aliphatic rings. The minimum Gasteiger partial charge on any atom is -0.480 e. The fraction of sp³-hybridized carbons (Fsp3) is 0.344. The number of hydrogen-bond acceptors (Lipinski definition) is 5. The number of carboxylic acids is 1. The lowest BCUT2D eigenvalue weighted by molar-refractivity contribution is -0.146. The second-order valence-electron chi connectivity index (χ2n) is 10.9. The zero-order valence-corrected chi connectivity index (χ0v) is 23.1. The van der Waals surface area contributed by atoms with Gasteiger partial charge in [-0.2, -0.15) is 0 Å². The molecule has 0 aromatic heterocycles. The zero-order chi connectivity index (χ0) is 28.7. The third-order valence-corrected chi connectivity index (χ3v) is 7.10. The average Bonchev–Trinajstić information content (AvgIpc) is 3.26. The number of carboxylic acid groups (broad SMARTS) is 1. The number of benzene rings is 3. The summed E-state index contributed by atoms with van der Waals surface area (Å²) in [6.45, 7) is 5.86. The summed E-state index contributed by atoms with van der Waals surface area (Å²) in [7, 11) is 0. The lowest BCUT2D eigenvalue weighted by Gasteiger charge is -2.27. The standard InChI is InChI=1S/C32H36N2O6/c1-21(39-18-22-11-5-4-6-12-22)29(30(36)37)34-28(35)17-32(2,3)20-33-31(38)40-19-27-25-15-9-7-13-23(25)24-14-8-10-16-26(24)27/h4-16,21,27,29H,17-20H2,1-3H3,(H,33,38)(H,34,35)(H,36,37). The van der Waals surface area contributed by atoms with Crippen molar-refractivity contribution in [3.63, 3.8) is 0 Å². The molecule has 2 amide bonds. The highest BCUT2D eigenvalue weighted by Crippen LogP contribution is 2.44. The second kappa shape index (κ2) is 12.8. The highest BCUT2D eigenvalue weighted by molar-refractivity contribution is 5.84. The van der Waals surface area contributed by atoms with Crippen LogP contribution in [0.5, 0.6) is 0 Å². The first-order valence-electron chi connectivity index (χ1n) is 13.4. The van der Waals surface area contributed by atoms with Crippen LogP contribution < -0.4 is 10.6 Å². The summed E-state index contributed by atoms with van der Waals surface area (Å²) in [6, 6.07) is 24.4. The third kappa shape index (κ3) is 7.27. The van der Waals surface area contributed by atoms with Gasteiger partial charge >= 0.3 is 12.1 Å². The lowest BCUT2D eigenvalue weighted by Crippen LogP contribution is -2.50. The Bertz CT molecular complexity index is 1290. The molecule has 8 nitrogen and oxygen atoms in total. The molecule has 3 aromatic rings. The van der Waals surface area contributed by atoms with E-state index in [1.54, 1.807) is 6.92 Å². The van der Waals surface area contributed by atoms with Crippen molar-refractivity contribution in [2.24, 2.45) is 5.41 Å². The number of carbonyl (C=O) groups excluding carboxylic acids is 2. The lowest BCUT2D eigenvalue weighted by atomic mass is 9.88. The van der Waals surface area contributed by atoms with Crippen molar-refractivity contribution in [3.8, 4) is 11.1 Å². The van der Waals surface area contributed by atoms with Gasteiger partial charge in [0.25, 0.3) is 0 Å². The molecule has 0 fully saturated rings. The average molecular weight is 545 g/mol. The first-order valence-corrected chi connectivity index (χ1v) is 13.4. The van der Waals surface area contributed by atoms with Crippen molar-refractivity contribution in [1.82, 2.24) is 10.6 Å². The Hall–Kier alpha value is -4.17. The molecule has 40 heavy (non-hydrogen) atoms. The maximum Gasteiger partial charge on any atom is 0.407 e. The molecule has 0 heterocycles. The summed E-state index contributed by atoms with van der Waals surface area (Å²) >= 11 is 0. The van der Waals surface area contributed by atoms with E-state index in [0.717, 1.165) is 27.8 Å². The smallest absolute Gasteiger partial charge is 0.407 e. The number of alkyl carbamates (subject to hydrolysis) is 1. The zero-order valence-electron chi connectivity index (χ0n) is 23.1. The largest absolute Gasteiger partial charge is 0.480 e. The summed E-state index contributed by atoms with van der Waals surface area (Å²) < 4.78 is 11.3. The molecule has 4 rings (SSSR count). The highest BCUT2D eigenvalue weighted by Gasteiger charge is 2.31.